The van der Waals surface area contributed by atoms with Gasteiger partial charge in [0.05, 0.1) is 33.5 Å². The van der Waals surface area contributed by atoms with Gasteiger partial charge >= 0.3 is 11.9 Å². The zero-order valence-corrected chi connectivity index (χ0v) is 20.1. The Morgan fingerprint density at radius 3 is 2.00 bits per heavy atom. The second-order valence-electron chi connectivity index (χ2n) is 9.12. The first-order valence-corrected chi connectivity index (χ1v) is 12.2. The smallest absolute Gasteiger partial charge is 0.336 e. The Hall–Kier alpha value is -4.78. The van der Waals surface area contributed by atoms with Crippen LogP contribution in [0.15, 0.2) is 72.8 Å². The summed E-state index contributed by atoms with van der Waals surface area (Å²) < 4.78 is 0. The Morgan fingerprint density at radius 2 is 1.41 bits per heavy atom. The molecule has 5 aromatic rings. The molecule has 6 rings (SSSR count). The topological polar surface area (TPSA) is 104 Å². The minimum Gasteiger partial charge on any atom is -0.478 e. The van der Waals surface area contributed by atoms with Gasteiger partial charge in [0.1, 0.15) is 0 Å². The van der Waals surface area contributed by atoms with Crippen LogP contribution >= 0.6 is 0 Å². The third kappa shape index (κ3) is 3.59. The molecule has 182 valence electrons. The standard InChI is InChI=1S/C30H23N3O4/c1-2-3-14-33(17-8-5-4-6-9-17)25-13-12-20-26-18(25)10-7-11-19(26)27-28(20)32-24-16-22(30(36)37)21(29(34)35)15-23(24)31-27/h4-13,15-16H,2-3,14H2,1H3,(H,34,35)(H,36,37). The predicted octanol–water partition coefficient (Wildman–Crippen LogP) is 6.77. The van der Waals surface area contributed by atoms with E-state index in [1.807, 2.05) is 30.3 Å². The van der Waals surface area contributed by atoms with Crippen LogP contribution in [-0.4, -0.2) is 38.7 Å². The summed E-state index contributed by atoms with van der Waals surface area (Å²) in [5.41, 5.74) is 5.51. The normalized spacial score (nSPS) is 11.6. The second-order valence-corrected chi connectivity index (χ2v) is 9.12. The van der Waals surface area contributed by atoms with E-state index in [1.165, 1.54) is 12.1 Å². The Bertz CT molecular complexity index is 1660. The van der Waals surface area contributed by atoms with Crippen LogP contribution in [0.5, 0.6) is 0 Å². The average Bonchev–Trinajstić information content (AvgIpc) is 3.22. The van der Waals surface area contributed by atoms with Crippen LogP contribution in [0.1, 0.15) is 40.5 Å². The van der Waals surface area contributed by atoms with Crippen molar-refractivity contribution >= 4 is 45.1 Å². The molecule has 1 aliphatic rings. The number of para-hydroxylation sites is 1. The van der Waals surface area contributed by atoms with Gasteiger partial charge in [-0.15, -0.1) is 0 Å². The first-order chi connectivity index (χ1) is 18.0. The van der Waals surface area contributed by atoms with Gasteiger partial charge < -0.3 is 15.1 Å². The number of fused-ring (bicyclic) bond motifs is 4. The molecule has 0 saturated heterocycles. The summed E-state index contributed by atoms with van der Waals surface area (Å²) in [4.78, 5) is 35.3. The number of benzene rings is 4. The molecule has 0 atom stereocenters. The van der Waals surface area contributed by atoms with Crippen molar-refractivity contribution in [2.24, 2.45) is 0 Å². The van der Waals surface area contributed by atoms with E-state index in [0.29, 0.717) is 22.4 Å². The molecule has 2 N–H and O–H groups in total. The number of carbonyl (C=O) groups is 2. The van der Waals surface area contributed by atoms with E-state index in [9.17, 15) is 19.8 Å². The number of anilines is 2. The highest BCUT2D eigenvalue weighted by Gasteiger charge is 2.28. The lowest BCUT2D eigenvalue weighted by molar-refractivity contribution is 0.0652. The first-order valence-electron chi connectivity index (χ1n) is 12.2. The fourth-order valence-electron chi connectivity index (χ4n) is 5.17. The summed E-state index contributed by atoms with van der Waals surface area (Å²) in [6, 6.07) is 23.2. The monoisotopic (exact) mass is 489 g/mol. The average molecular weight is 490 g/mol. The molecule has 0 unspecified atom stereocenters. The summed E-state index contributed by atoms with van der Waals surface area (Å²) in [5.74, 6) is -2.63. The van der Waals surface area contributed by atoms with Crippen molar-refractivity contribution in [1.82, 2.24) is 9.97 Å². The van der Waals surface area contributed by atoms with Crippen LogP contribution in [0.2, 0.25) is 0 Å². The van der Waals surface area contributed by atoms with Crippen molar-refractivity contribution in [3.63, 3.8) is 0 Å². The van der Waals surface area contributed by atoms with Crippen LogP contribution in [0.25, 0.3) is 44.3 Å². The molecule has 7 heteroatoms. The molecule has 7 nitrogen and oxygen atoms in total. The minimum absolute atomic E-state index is 0.306. The molecule has 0 fully saturated rings. The summed E-state index contributed by atoms with van der Waals surface area (Å²) in [6.45, 7) is 3.06. The molecule has 0 bridgehead atoms. The van der Waals surface area contributed by atoms with Gasteiger partial charge in [-0.25, -0.2) is 19.6 Å². The molecule has 0 spiro atoms. The van der Waals surface area contributed by atoms with Crippen molar-refractivity contribution < 1.29 is 19.8 Å². The molecule has 1 aromatic heterocycles. The summed E-state index contributed by atoms with van der Waals surface area (Å²) in [6.07, 6.45) is 2.12. The zero-order chi connectivity index (χ0) is 25.7. The van der Waals surface area contributed by atoms with E-state index in [2.05, 4.69) is 42.2 Å². The molecule has 0 radical (unpaired) electrons. The maximum absolute atomic E-state index is 11.7. The number of rotatable bonds is 7. The maximum atomic E-state index is 11.7. The SMILES string of the molecule is CCCCN(c1ccccc1)c1ccc2c3c(cccc13)-c1nc3cc(C(=O)O)c(C(=O)O)cc3nc1-2. The number of hydrogen-bond acceptors (Lipinski definition) is 5. The Labute approximate surface area is 212 Å². The lowest BCUT2D eigenvalue weighted by Gasteiger charge is -2.27. The molecule has 0 aliphatic heterocycles. The first kappa shape index (κ1) is 22.7. The molecule has 1 heterocycles. The van der Waals surface area contributed by atoms with Gasteiger partial charge in [-0.1, -0.05) is 49.7 Å². The van der Waals surface area contributed by atoms with Crippen LogP contribution in [0.4, 0.5) is 11.4 Å². The quantitative estimate of drug-likeness (QED) is 0.255. The Morgan fingerprint density at radius 1 is 0.784 bits per heavy atom. The zero-order valence-electron chi connectivity index (χ0n) is 20.1. The highest BCUT2D eigenvalue weighted by molar-refractivity contribution is 6.18. The van der Waals surface area contributed by atoms with Crippen LogP contribution in [0, 0.1) is 0 Å². The van der Waals surface area contributed by atoms with Crippen LogP contribution in [-0.2, 0) is 0 Å². The third-order valence-corrected chi connectivity index (χ3v) is 6.89. The maximum Gasteiger partial charge on any atom is 0.336 e. The van der Waals surface area contributed by atoms with Crippen molar-refractivity contribution in [2.75, 3.05) is 11.4 Å². The molecular weight excluding hydrogens is 466 g/mol. The number of carboxylic acids is 2. The van der Waals surface area contributed by atoms with Crippen LogP contribution in [0.3, 0.4) is 0 Å². The Kier molecular flexibility index (Phi) is 5.34. The summed E-state index contributed by atoms with van der Waals surface area (Å²) in [7, 11) is 0. The third-order valence-electron chi connectivity index (χ3n) is 6.89. The minimum atomic E-state index is -1.32. The largest absolute Gasteiger partial charge is 0.478 e. The molecule has 0 saturated carbocycles. The predicted molar refractivity (Wildman–Crippen MR) is 144 cm³/mol. The van der Waals surface area contributed by atoms with Crippen LogP contribution < -0.4 is 4.90 Å². The van der Waals surface area contributed by atoms with Crippen molar-refractivity contribution in [1.29, 1.82) is 0 Å². The van der Waals surface area contributed by atoms with Crippen molar-refractivity contribution in [3.05, 3.63) is 83.9 Å². The van der Waals surface area contributed by atoms with Gasteiger partial charge in [-0.3, -0.25) is 0 Å². The van der Waals surface area contributed by atoms with E-state index >= 15 is 0 Å². The van der Waals surface area contributed by atoms with Crippen molar-refractivity contribution in [3.8, 4) is 22.5 Å². The number of hydrogen-bond donors (Lipinski definition) is 2. The highest BCUT2D eigenvalue weighted by atomic mass is 16.4. The molecule has 37 heavy (non-hydrogen) atoms. The van der Waals surface area contributed by atoms with Gasteiger partial charge in [0.15, 0.2) is 0 Å². The van der Waals surface area contributed by atoms with E-state index < -0.39 is 11.9 Å². The number of aromatic nitrogens is 2. The number of nitrogens with zero attached hydrogens (tertiary/aromatic N) is 3. The van der Waals surface area contributed by atoms with Crippen molar-refractivity contribution in [2.45, 2.75) is 19.8 Å². The van der Waals surface area contributed by atoms with Gasteiger partial charge in [0, 0.05) is 39.8 Å². The highest BCUT2D eigenvalue weighted by Crippen LogP contribution is 2.49. The number of carboxylic acid groups (broad SMARTS) is 2. The second kappa shape index (κ2) is 8.71. The molecule has 0 amide bonds. The van der Waals surface area contributed by atoms with Gasteiger partial charge in [0.2, 0.25) is 0 Å². The summed E-state index contributed by atoms with van der Waals surface area (Å²) in [5, 5.41) is 21.2. The molecule has 4 aromatic carbocycles. The number of unbranched alkanes of at least 4 members (excludes halogenated alkanes) is 1. The van der Waals surface area contributed by atoms with Gasteiger partial charge in [0.25, 0.3) is 0 Å². The fraction of sp³-hybridized carbons (Fsp3) is 0.133. The summed E-state index contributed by atoms with van der Waals surface area (Å²) >= 11 is 0. The molecular formula is C30H23N3O4. The van der Waals surface area contributed by atoms with Gasteiger partial charge in [-0.05, 0) is 42.8 Å². The van der Waals surface area contributed by atoms with E-state index in [0.717, 1.165) is 52.7 Å². The van der Waals surface area contributed by atoms with Gasteiger partial charge in [-0.2, -0.15) is 0 Å². The number of aromatic carboxylic acids is 2. The Balaban J connectivity index is 1.58. The lowest BCUT2D eigenvalue weighted by Crippen LogP contribution is -2.18. The lowest BCUT2D eigenvalue weighted by atomic mass is 10.0. The van der Waals surface area contributed by atoms with E-state index in [4.69, 9.17) is 9.97 Å². The fourth-order valence-corrected chi connectivity index (χ4v) is 5.17. The van der Waals surface area contributed by atoms with E-state index in [-0.39, 0.29) is 11.1 Å². The molecule has 1 aliphatic carbocycles. The van der Waals surface area contributed by atoms with E-state index in [1.54, 1.807) is 0 Å².